The van der Waals surface area contributed by atoms with Crippen molar-refractivity contribution in [1.82, 2.24) is 0 Å². The van der Waals surface area contributed by atoms with Gasteiger partial charge in [-0.15, -0.1) is 12.3 Å². The average Bonchev–Trinajstić information content (AvgIpc) is 1.99. The van der Waals surface area contributed by atoms with Crippen LogP contribution in [-0.4, -0.2) is 23.8 Å². The van der Waals surface area contributed by atoms with E-state index in [1.807, 2.05) is 0 Å². The van der Waals surface area contributed by atoms with Crippen LogP contribution < -0.4 is 0 Å². The van der Waals surface area contributed by atoms with Crippen molar-refractivity contribution in [2.24, 2.45) is 5.92 Å². The van der Waals surface area contributed by atoms with Crippen LogP contribution >= 0.6 is 0 Å². The largest absolute Gasteiger partial charge is 0.466 e. The highest BCUT2D eigenvalue weighted by atomic mass is 16.5. The van der Waals surface area contributed by atoms with E-state index in [1.165, 1.54) is 6.92 Å². The Hall–Kier alpha value is -1.01. The number of ether oxygens (including phenoxy) is 1. The Balaban J connectivity index is 4.11. The number of aliphatic hydroxyl groups excluding tert-OH is 1. The summed E-state index contributed by atoms with van der Waals surface area (Å²) < 4.78 is 4.72. The fourth-order valence-corrected chi connectivity index (χ4v) is 0.827. The van der Waals surface area contributed by atoms with Crippen LogP contribution in [0, 0.1) is 18.3 Å². The summed E-state index contributed by atoms with van der Waals surface area (Å²) in [6.07, 6.45) is 4.50. The maximum Gasteiger partial charge on any atom is 0.312 e. The number of carbonyl (C=O) groups excluding carboxylic acids is 1. The molecule has 3 nitrogen and oxygen atoms in total. The Morgan fingerprint density at radius 1 is 1.75 bits per heavy atom. The molecule has 0 aromatic carbocycles. The first-order valence-electron chi connectivity index (χ1n) is 3.91. The molecule has 0 saturated heterocycles. The van der Waals surface area contributed by atoms with Gasteiger partial charge in [-0.3, -0.25) is 4.79 Å². The van der Waals surface area contributed by atoms with Gasteiger partial charge in [0.05, 0.1) is 18.6 Å². The normalized spacial score (nSPS) is 14.5. The predicted molar refractivity (Wildman–Crippen MR) is 45.3 cm³/mol. The fourth-order valence-electron chi connectivity index (χ4n) is 0.827. The molecule has 12 heavy (non-hydrogen) atoms. The molecular formula is C9H14O3. The molecule has 0 bridgehead atoms. The number of terminal acetylenes is 1. The topological polar surface area (TPSA) is 46.5 Å². The van der Waals surface area contributed by atoms with E-state index in [2.05, 4.69) is 5.92 Å². The molecule has 0 saturated carbocycles. The molecule has 0 aliphatic carbocycles. The Kier molecular flexibility index (Phi) is 5.14. The minimum absolute atomic E-state index is 0.219. The summed E-state index contributed by atoms with van der Waals surface area (Å²) in [5.74, 6) is 1.31. The van der Waals surface area contributed by atoms with Crippen molar-refractivity contribution < 1.29 is 14.6 Å². The van der Waals surface area contributed by atoms with Gasteiger partial charge in [-0.25, -0.2) is 0 Å². The smallest absolute Gasteiger partial charge is 0.312 e. The van der Waals surface area contributed by atoms with E-state index in [0.29, 0.717) is 6.61 Å². The molecule has 2 atom stereocenters. The summed E-state index contributed by atoms with van der Waals surface area (Å²) >= 11 is 0. The number of rotatable bonds is 4. The maximum absolute atomic E-state index is 11.1. The molecule has 0 rings (SSSR count). The van der Waals surface area contributed by atoms with E-state index in [4.69, 9.17) is 16.3 Å². The van der Waals surface area contributed by atoms with Crippen LogP contribution in [0.2, 0.25) is 0 Å². The van der Waals surface area contributed by atoms with E-state index in [-0.39, 0.29) is 6.42 Å². The number of aliphatic hydroxyl groups is 1. The van der Waals surface area contributed by atoms with Gasteiger partial charge in [-0.1, -0.05) is 0 Å². The number of carbonyl (C=O) groups is 1. The summed E-state index contributed by atoms with van der Waals surface area (Å²) in [6.45, 7) is 3.55. The van der Waals surface area contributed by atoms with Gasteiger partial charge >= 0.3 is 5.97 Å². The van der Waals surface area contributed by atoms with Gasteiger partial charge < -0.3 is 9.84 Å². The average molecular weight is 170 g/mol. The van der Waals surface area contributed by atoms with Gasteiger partial charge in [-0.05, 0) is 13.8 Å². The van der Waals surface area contributed by atoms with Crippen LogP contribution in [-0.2, 0) is 9.53 Å². The first-order valence-corrected chi connectivity index (χ1v) is 3.91. The van der Waals surface area contributed by atoms with E-state index in [0.717, 1.165) is 0 Å². The number of esters is 1. The van der Waals surface area contributed by atoms with Crippen molar-refractivity contribution in [3.63, 3.8) is 0 Å². The molecule has 0 aromatic rings. The molecule has 0 aromatic heterocycles. The van der Waals surface area contributed by atoms with E-state index < -0.39 is 18.0 Å². The monoisotopic (exact) mass is 170 g/mol. The van der Waals surface area contributed by atoms with E-state index in [1.54, 1.807) is 6.92 Å². The molecule has 0 aliphatic rings. The molecule has 0 unspecified atom stereocenters. The van der Waals surface area contributed by atoms with E-state index >= 15 is 0 Å². The van der Waals surface area contributed by atoms with Crippen LogP contribution in [0.5, 0.6) is 0 Å². The zero-order chi connectivity index (χ0) is 9.56. The standard InChI is InChI=1S/C9H14O3/c1-4-6-8(7(3)10)9(11)12-5-2/h1,7-8,10H,5-6H2,2-3H3/t7-,8-/m1/s1. The van der Waals surface area contributed by atoms with Gasteiger partial charge in [0.1, 0.15) is 0 Å². The molecular weight excluding hydrogens is 156 g/mol. The third kappa shape index (κ3) is 3.40. The van der Waals surface area contributed by atoms with Crippen LogP contribution in [0.1, 0.15) is 20.3 Å². The van der Waals surface area contributed by atoms with Crippen molar-refractivity contribution in [3.05, 3.63) is 0 Å². The molecule has 0 heterocycles. The molecule has 0 amide bonds. The lowest BCUT2D eigenvalue weighted by molar-refractivity contribution is -0.151. The Morgan fingerprint density at radius 3 is 2.67 bits per heavy atom. The van der Waals surface area contributed by atoms with Crippen molar-refractivity contribution in [3.8, 4) is 12.3 Å². The van der Waals surface area contributed by atoms with E-state index in [9.17, 15) is 4.79 Å². The first-order chi connectivity index (χ1) is 5.63. The minimum Gasteiger partial charge on any atom is -0.466 e. The van der Waals surface area contributed by atoms with Crippen molar-refractivity contribution in [1.29, 1.82) is 0 Å². The molecule has 3 heteroatoms. The number of hydrogen-bond donors (Lipinski definition) is 1. The van der Waals surface area contributed by atoms with Crippen LogP contribution in [0.3, 0.4) is 0 Å². The predicted octanol–water partition coefficient (Wildman–Crippen LogP) is 0.570. The van der Waals surface area contributed by atoms with Gasteiger partial charge in [0.25, 0.3) is 0 Å². The number of hydrogen-bond acceptors (Lipinski definition) is 3. The lowest BCUT2D eigenvalue weighted by atomic mass is 10.0. The Morgan fingerprint density at radius 2 is 2.33 bits per heavy atom. The lowest BCUT2D eigenvalue weighted by Gasteiger charge is -2.14. The Bertz CT molecular complexity index is 179. The lowest BCUT2D eigenvalue weighted by Crippen LogP contribution is -2.27. The minimum atomic E-state index is -0.750. The summed E-state index contributed by atoms with van der Waals surface area (Å²) in [4.78, 5) is 11.1. The second-order valence-electron chi connectivity index (χ2n) is 2.51. The molecule has 0 spiro atoms. The molecule has 0 fully saturated rings. The second-order valence-corrected chi connectivity index (χ2v) is 2.51. The first kappa shape index (κ1) is 11.0. The molecule has 0 radical (unpaired) electrons. The van der Waals surface area contributed by atoms with Crippen molar-refractivity contribution in [2.75, 3.05) is 6.61 Å². The zero-order valence-corrected chi connectivity index (χ0v) is 7.41. The fraction of sp³-hybridized carbons (Fsp3) is 0.667. The van der Waals surface area contributed by atoms with Gasteiger partial charge in [0.15, 0.2) is 0 Å². The summed E-state index contributed by atoms with van der Waals surface area (Å²) in [6, 6.07) is 0. The highest BCUT2D eigenvalue weighted by Gasteiger charge is 2.23. The van der Waals surface area contributed by atoms with Crippen LogP contribution in [0.4, 0.5) is 0 Å². The van der Waals surface area contributed by atoms with Crippen molar-refractivity contribution in [2.45, 2.75) is 26.4 Å². The quantitative estimate of drug-likeness (QED) is 0.495. The Labute approximate surface area is 72.7 Å². The summed E-state index contributed by atoms with van der Waals surface area (Å²) in [5.41, 5.74) is 0. The summed E-state index contributed by atoms with van der Waals surface area (Å²) in [7, 11) is 0. The molecule has 68 valence electrons. The van der Waals surface area contributed by atoms with Gasteiger partial charge in [0, 0.05) is 6.42 Å². The van der Waals surface area contributed by atoms with Gasteiger partial charge in [0.2, 0.25) is 0 Å². The molecule has 1 N–H and O–H groups in total. The highest BCUT2D eigenvalue weighted by Crippen LogP contribution is 2.10. The third-order valence-electron chi connectivity index (χ3n) is 1.51. The van der Waals surface area contributed by atoms with Crippen LogP contribution in [0.15, 0.2) is 0 Å². The third-order valence-corrected chi connectivity index (χ3v) is 1.51. The van der Waals surface area contributed by atoms with Crippen molar-refractivity contribution >= 4 is 5.97 Å². The maximum atomic E-state index is 11.1. The second kappa shape index (κ2) is 5.62. The zero-order valence-electron chi connectivity index (χ0n) is 7.41. The van der Waals surface area contributed by atoms with Gasteiger partial charge in [-0.2, -0.15) is 0 Å². The van der Waals surface area contributed by atoms with Crippen LogP contribution in [0.25, 0.3) is 0 Å². The molecule has 0 aliphatic heterocycles. The summed E-state index contributed by atoms with van der Waals surface area (Å²) in [5, 5.41) is 9.14. The SMILES string of the molecule is C#CC[C@@H](C(=O)OCC)[C@@H](C)O. The highest BCUT2D eigenvalue weighted by molar-refractivity contribution is 5.73.